The maximum atomic E-state index is 11.8. The van der Waals surface area contributed by atoms with Gasteiger partial charge in [0.2, 0.25) is 5.91 Å². The number of carbonyl (C=O) groups is 1. The van der Waals surface area contributed by atoms with Crippen LogP contribution in [0.2, 0.25) is 0 Å². The van der Waals surface area contributed by atoms with E-state index < -0.39 is 5.60 Å². The highest BCUT2D eigenvalue weighted by Gasteiger charge is 2.24. The highest BCUT2D eigenvalue weighted by Crippen LogP contribution is 2.14. The third-order valence-corrected chi connectivity index (χ3v) is 3.39. The summed E-state index contributed by atoms with van der Waals surface area (Å²) in [6, 6.07) is 2.39. The molecule has 0 saturated carbocycles. The van der Waals surface area contributed by atoms with E-state index in [0.29, 0.717) is 13.0 Å². The third kappa shape index (κ3) is 5.03. The lowest BCUT2D eigenvalue weighted by Gasteiger charge is -2.31. The molecule has 1 aliphatic rings. The lowest BCUT2D eigenvalue weighted by molar-refractivity contribution is -0.127. The molecule has 0 aromatic rings. The molecule has 1 heterocycles. The molecule has 1 aliphatic heterocycles. The zero-order valence-corrected chi connectivity index (χ0v) is 11.5. The van der Waals surface area contributed by atoms with Crippen LogP contribution in [-0.2, 0) is 9.53 Å². The molecule has 0 radical (unpaired) electrons. The molecule has 0 aliphatic carbocycles. The Morgan fingerprint density at radius 1 is 1.50 bits per heavy atom. The first-order valence-corrected chi connectivity index (χ1v) is 6.40. The highest BCUT2D eigenvalue weighted by molar-refractivity contribution is 5.77. The topological polar surface area (TPSA) is 65.4 Å². The number of likely N-dealkylation sites (tertiary alicyclic amines) is 1. The Bertz CT molecular complexity index is 315. The van der Waals surface area contributed by atoms with Crippen molar-refractivity contribution in [3.8, 4) is 6.07 Å². The molecule has 5 nitrogen and oxygen atoms in total. The van der Waals surface area contributed by atoms with Gasteiger partial charge in [0.1, 0.15) is 0 Å². The van der Waals surface area contributed by atoms with Crippen molar-refractivity contribution < 1.29 is 9.53 Å². The molecular formula is C13H23N3O2. The van der Waals surface area contributed by atoms with E-state index in [-0.39, 0.29) is 11.9 Å². The molecule has 0 atom stereocenters. The Kier molecular flexibility index (Phi) is 5.57. The van der Waals surface area contributed by atoms with Crippen LogP contribution in [0.25, 0.3) is 0 Å². The van der Waals surface area contributed by atoms with Crippen LogP contribution in [0.15, 0.2) is 0 Å². The first-order chi connectivity index (χ1) is 8.46. The monoisotopic (exact) mass is 253 g/mol. The molecule has 0 aromatic carbocycles. The number of hydrogen-bond acceptors (Lipinski definition) is 4. The van der Waals surface area contributed by atoms with Crippen molar-refractivity contribution in [3.05, 3.63) is 0 Å². The second-order valence-electron chi connectivity index (χ2n) is 5.42. The van der Waals surface area contributed by atoms with Crippen molar-refractivity contribution >= 4 is 5.91 Å². The maximum absolute atomic E-state index is 11.8. The van der Waals surface area contributed by atoms with E-state index in [2.05, 4.69) is 16.3 Å². The van der Waals surface area contributed by atoms with Gasteiger partial charge < -0.3 is 10.1 Å². The number of nitrogens with one attached hydrogen (secondary N) is 1. The van der Waals surface area contributed by atoms with Crippen LogP contribution < -0.4 is 5.32 Å². The van der Waals surface area contributed by atoms with Gasteiger partial charge in [-0.2, -0.15) is 5.26 Å². The lowest BCUT2D eigenvalue weighted by atomic mass is 10.0. The molecule has 1 fully saturated rings. The van der Waals surface area contributed by atoms with Gasteiger partial charge >= 0.3 is 0 Å². The quantitative estimate of drug-likeness (QED) is 0.740. The average Bonchev–Trinajstić information content (AvgIpc) is 2.31. The van der Waals surface area contributed by atoms with E-state index >= 15 is 0 Å². The van der Waals surface area contributed by atoms with Crippen molar-refractivity contribution in [2.75, 3.05) is 26.7 Å². The normalized spacial score (nSPS) is 18.3. The van der Waals surface area contributed by atoms with Gasteiger partial charge in [0, 0.05) is 26.2 Å². The van der Waals surface area contributed by atoms with Crippen molar-refractivity contribution in [1.29, 1.82) is 5.26 Å². The van der Waals surface area contributed by atoms with Crippen molar-refractivity contribution in [2.24, 2.45) is 0 Å². The van der Waals surface area contributed by atoms with Gasteiger partial charge in [-0.15, -0.1) is 0 Å². The molecule has 0 unspecified atom stereocenters. The Labute approximate surface area is 109 Å². The van der Waals surface area contributed by atoms with Crippen LogP contribution in [-0.4, -0.2) is 49.2 Å². The summed E-state index contributed by atoms with van der Waals surface area (Å²) in [5, 5.41) is 11.7. The Balaban J connectivity index is 2.29. The molecule has 1 amide bonds. The SMILES string of the molecule is COC(C)(C)CC(=O)NC1CCN(CC#N)CC1. The number of methoxy groups -OCH3 is 1. The number of carbonyl (C=O) groups excluding carboxylic acids is 1. The highest BCUT2D eigenvalue weighted by atomic mass is 16.5. The first-order valence-electron chi connectivity index (χ1n) is 6.40. The number of amides is 1. The third-order valence-electron chi connectivity index (χ3n) is 3.39. The predicted octanol–water partition coefficient (Wildman–Crippen LogP) is 0.906. The van der Waals surface area contributed by atoms with Gasteiger partial charge in [-0.3, -0.25) is 9.69 Å². The first kappa shape index (κ1) is 14.9. The standard InChI is InChI=1S/C13H23N3O2/c1-13(2,18-3)10-12(17)15-11-4-7-16(8-5-11)9-6-14/h11H,4-5,7-10H2,1-3H3,(H,15,17). The number of hydrogen-bond donors (Lipinski definition) is 1. The van der Waals surface area contributed by atoms with Gasteiger partial charge in [-0.25, -0.2) is 0 Å². The van der Waals surface area contributed by atoms with Crippen molar-refractivity contribution in [3.63, 3.8) is 0 Å². The summed E-state index contributed by atoms with van der Waals surface area (Å²) >= 11 is 0. The minimum atomic E-state index is -0.411. The zero-order valence-electron chi connectivity index (χ0n) is 11.5. The molecular weight excluding hydrogens is 230 g/mol. The summed E-state index contributed by atoms with van der Waals surface area (Å²) in [7, 11) is 1.62. The van der Waals surface area contributed by atoms with Crippen molar-refractivity contribution in [2.45, 2.75) is 44.8 Å². The minimum absolute atomic E-state index is 0.0422. The Hall–Kier alpha value is -1.12. The fourth-order valence-corrected chi connectivity index (χ4v) is 2.07. The molecule has 1 saturated heterocycles. The second kappa shape index (κ2) is 6.72. The molecule has 102 valence electrons. The molecule has 0 aromatic heterocycles. The van der Waals surface area contributed by atoms with Crippen LogP contribution in [0.5, 0.6) is 0 Å². The molecule has 1 rings (SSSR count). The van der Waals surface area contributed by atoms with Gasteiger partial charge in [0.05, 0.1) is 24.6 Å². The summed E-state index contributed by atoms with van der Waals surface area (Å²) in [6.07, 6.45) is 2.21. The maximum Gasteiger partial charge on any atom is 0.223 e. The average molecular weight is 253 g/mol. The van der Waals surface area contributed by atoms with E-state index in [9.17, 15) is 4.79 Å². The number of piperidine rings is 1. The Morgan fingerprint density at radius 3 is 2.61 bits per heavy atom. The van der Waals surface area contributed by atoms with E-state index in [1.807, 2.05) is 13.8 Å². The summed E-state index contributed by atoms with van der Waals surface area (Å²) in [4.78, 5) is 13.9. The number of ether oxygens (including phenoxy) is 1. The fourth-order valence-electron chi connectivity index (χ4n) is 2.07. The minimum Gasteiger partial charge on any atom is -0.378 e. The number of rotatable bonds is 5. The van der Waals surface area contributed by atoms with E-state index in [1.54, 1.807) is 7.11 Å². The molecule has 0 bridgehead atoms. The number of nitrogens with zero attached hydrogens (tertiary/aromatic N) is 2. The lowest BCUT2D eigenvalue weighted by Crippen LogP contribution is -2.46. The zero-order chi connectivity index (χ0) is 13.6. The molecule has 0 spiro atoms. The summed E-state index contributed by atoms with van der Waals surface area (Å²) in [5.41, 5.74) is -0.411. The largest absolute Gasteiger partial charge is 0.378 e. The van der Waals surface area contributed by atoms with E-state index in [0.717, 1.165) is 25.9 Å². The fraction of sp³-hybridized carbons (Fsp3) is 0.846. The van der Waals surface area contributed by atoms with Gasteiger partial charge in [-0.1, -0.05) is 0 Å². The van der Waals surface area contributed by atoms with Crippen LogP contribution in [0.1, 0.15) is 33.1 Å². The predicted molar refractivity (Wildman–Crippen MR) is 68.9 cm³/mol. The summed E-state index contributed by atoms with van der Waals surface area (Å²) in [5.74, 6) is 0.0422. The summed E-state index contributed by atoms with van der Waals surface area (Å²) < 4.78 is 5.24. The van der Waals surface area contributed by atoms with Crippen LogP contribution in [0, 0.1) is 11.3 Å². The van der Waals surface area contributed by atoms with Crippen molar-refractivity contribution in [1.82, 2.24) is 10.2 Å². The van der Waals surface area contributed by atoms with E-state index in [4.69, 9.17) is 10.00 Å². The van der Waals surface area contributed by atoms with Gasteiger partial charge in [0.15, 0.2) is 0 Å². The molecule has 1 N–H and O–H groups in total. The number of nitriles is 1. The summed E-state index contributed by atoms with van der Waals surface area (Å²) in [6.45, 7) is 6.06. The van der Waals surface area contributed by atoms with Crippen LogP contribution in [0.3, 0.4) is 0 Å². The molecule has 5 heteroatoms. The van der Waals surface area contributed by atoms with Crippen LogP contribution >= 0.6 is 0 Å². The van der Waals surface area contributed by atoms with Gasteiger partial charge in [0.25, 0.3) is 0 Å². The second-order valence-corrected chi connectivity index (χ2v) is 5.42. The van der Waals surface area contributed by atoms with Gasteiger partial charge in [-0.05, 0) is 26.7 Å². The Morgan fingerprint density at radius 2 is 2.11 bits per heavy atom. The van der Waals surface area contributed by atoms with Crippen LogP contribution in [0.4, 0.5) is 0 Å². The smallest absolute Gasteiger partial charge is 0.223 e. The molecule has 18 heavy (non-hydrogen) atoms. The van der Waals surface area contributed by atoms with E-state index in [1.165, 1.54) is 0 Å².